The predicted octanol–water partition coefficient (Wildman–Crippen LogP) is 3.36. The zero-order chi connectivity index (χ0) is 17.2. The maximum Gasteiger partial charge on any atom is 0.658 e. The van der Waals surface area contributed by atoms with Gasteiger partial charge in [0.25, 0.3) is 0 Å². The Hall–Kier alpha value is -3.28. The van der Waals surface area contributed by atoms with Crippen LogP contribution in [0.15, 0.2) is 78.9 Å². The maximum atomic E-state index is 8.83. The molecule has 3 aromatic carbocycles. The molecule has 0 aromatic heterocycles. The molecule has 0 atom stereocenters. The van der Waals surface area contributed by atoms with Crippen molar-refractivity contribution in [3.63, 3.8) is 0 Å². The third-order valence-electron chi connectivity index (χ3n) is 2.90. The Morgan fingerprint density at radius 2 is 1.17 bits per heavy atom. The highest BCUT2D eigenvalue weighted by Crippen LogP contribution is 2.29. The summed E-state index contributed by atoms with van der Waals surface area (Å²) in [5.41, 5.74) is 5.40. The molecule has 0 spiro atoms. The number of rotatable bonds is 4. The molecule has 3 rings (SSSR count). The van der Waals surface area contributed by atoms with Gasteiger partial charge < -0.3 is 25.3 Å². The van der Waals surface area contributed by atoms with Crippen LogP contribution in [0.1, 0.15) is 0 Å². The molecule has 24 heavy (non-hydrogen) atoms. The van der Waals surface area contributed by atoms with E-state index in [9.17, 15) is 0 Å². The summed E-state index contributed by atoms with van der Waals surface area (Å²) in [5.74, 6) is 1.08. The largest absolute Gasteiger partial charge is 0.658 e. The highest BCUT2D eigenvalue weighted by molar-refractivity contribution is 6.20. The lowest BCUT2D eigenvalue weighted by molar-refractivity contribution is 0.405. The fourth-order valence-electron chi connectivity index (χ4n) is 1.68. The fourth-order valence-corrected chi connectivity index (χ4v) is 1.68. The van der Waals surface area contributed by atoms with Gasteiger partial charge in [-0.05, 0) is 36.4 Å². The third-order valence-corrected chi connectivity index (χ3v) is 2.90. The zero-order valence-electron chi connectivity index (χ0n) is 12.9. The summed E-state index contributed by atoms with van der Waals surface area (Å²) < 4.78 is 10.5. The minimum Gasteiger partial charge on any atom is -0.526 e. The Labute approximate surface area is 141 Å². The van der Waals surface area contributed by atoms with E-state index in [0.29, 0.717) is 0 Å². The molecule has 3 aromatic rings. The molecule has 1 radical (unpaired) electrons. The fraction of sp³-hybridized carbons (Fsp3) is 0. The van der Waals surface area contributed by atoms with Crippen molar-refractivity contribution in [3.8, 4) is 23.0 Å². The van der Waals surface area contributed by atoms with Crippen molar-refractivity contribution < 1.29 is 19.5 Å². The van der Waals surface area contributed by atoms with Crippen LogP contribution in [0.3, 0.4) is 0 Å². The quantitative estimate of drug-likeness (QED) is 0.390. The molecule has 0 aliphatic heterocycles. The van der Waals surface area contributed by atoms with Crippen LogP contribution in [0.5, 0.6) is 23.0 Å². The third kappa shape index (κ3) is 5.49. The molecule has 0 saturated carbocycles. The second kappa shape index (κ2) is 9.00. The van der Waals surface area contributed by atoms with Crippen LogP contribution in [0.2, 0.25) is 0 Å². The van der Waals surface area contributed by atoms with Crippen molar-refractivity contribution >= 4 is 13.4 Å². The van der Waals surface area contributed by atoms with E-state index in [0.717, 1.165) is 11.5 Å². The Morgan fingerprint density at radius 3 is 1.58 bits per heavy atom. The molecule has 0 unspecified atom stereocenters. The normalized spacial score (nSPS) is 9.33. The van der Waals surface area contributed by atoms with Crippen molar-refractivity contribution in [1.29, 1.82) is 0 Å². The van der Waals surface area contributed by atoms with Crippen LogP contribution in [-0.2, 0) is 0 Å². The maximum absolute atomic E-state index is 8.83. The molecule has 0 heterocycles. The number of aromatic hydroxyl groups is 2. The van der Waals surface area contributed by atoms with E-state index in [1.54, 1.807) is 6.07 Å². The predicted molar refractivity (Wildman–Crippen MR) is 94.1 cm³/mol. The molecule has 4 N–H and O–H groups in total. The molecule has 6 heteroatoms. The standard InChI is InChI=1S/C12H10BO2.C6H7NO2/c1-3-7-11(8-4-1)14-13-15-12-9-5-2-6-10-12;7-4-2-1-3-5(8)6(4)9/h1-10H;1-3,8-9H,7H2. The van der Waals surface area contributed by atoms with E-state index < -0.39 is 0 Å². The number of para-hydroxylation sites is 3. The van der Waals surface area contributed by atoms with Gasteiger partial charge >= 0.3 is 7.69 Å². The Morgan fingerprint density at radius 1 is 0.667 bits per heavy atom. The number of nitrogen functional groups attached to an aromatic ring is 1. The molecule has 5 nitrogen and oxygen atoms in total. The summed E-state index contributed by atoms with van der Waals surface area (Å²) >= 11 is 0. The number of hydrogen-bond acceptors (Lipinski definition) is 5. The van der Waals surface area contributed by atoms with E-state index in [1.165, 1.54) is 19.8 Å². The SMILES string of the molecule is Nc1cccc(O)c1O.[B](Oc1ccccc1)Oc1ccccc1. The monoisotopic (exact) mass is 322 g/mol. The number of hydrogen-bond donors (Lipinski definition) is 3. The van der Waals surface area contributed by atoms with Gasteiger partial charge in [-0.3, -0.25) is 0 Å². The van der Waals surface area contributed by atoms with Crippen molar-refractivity contribution in [2.75, 3.05) is 5.73 Å². The van der Waals surface area contributed by atoms with Crippen LogP contribution in [0, 0.1) is 0 Å². The van der Waals surface area contributed by atoms with Gasteiger partial charge in [0.1, 0.15) is 11.5 Å². The summed E-state index contributed by atoms with van der Waals surface area (Å²) in [4.78, 5) is 0. The Bertz CT molecular complexity index is 679. The van der Waals surface area contributed by atoms with Crippen molar-refractivity contribution in [3.05, 3.63) is 78.9 Å². The first-order valence-corrected chi connectivity index (χ1v) is 7.18. The van der Waals surface area contributed by atoms with Gasteiger partial charge in [-0.25, -0.2) is 0 Å². The molecule has 121 valence electrons. The van der Waals surface area contributed by atoms with E-state index in [2.05, 4.69) is 0 Å². The smallest absolute Gasteiger partial charge is 0.526 e. The molecular formula is C18H17BNO4. The van der Waals surface area contributed by atoms with E-state index in [1.807, 2.05) is 60.7 Å². The minimum atomic E-state index is -0.252. The average Bonchev–Trinajstić information content (AvgIpc) is 2.62. The number of nitrogens with two attached hydrogens (primary N) is 1. The Kier molecular flexibility index (Phi) is 6.40. The summed E-state index contributed by atoms with van der Waals surface area (Å²) in [5, 5.41) is 17.6. The average molecular weight is 322 g/mol. The molecule has 0 aliphatic carbocycles. The number of anilines is 1. The first-order chi connectivity index (χ1) is 11.7. The zero-order valence-corrected chi connectivity index (χ0v) is 12.9. The summed E-state index contributed by atoms with van der Waals surface area (Å²) in [6.07, 6.45) is 0. The highest BCUT2D eigenvalue weighted by Gasteiger charge is 2.00. The van der Waals surface area contributed by atoms with Gasteiger partial charge in [-0.1, -0.05) is 42.5 Å². The second-order valence-electron chi connectivity index (χ2n) is 4.67. The lowest BCUT2D eigenvalue weighted by Gasteiger charge is -2.05. The van der Waals surface area contributed by atoms with Gasteiger partial charge in [0.05, 0.1) is 5.69 Å². The summed E-state index contributed by atoms with van der Waals surface area (Å²) in [6, 6.07) is 23.4. The summed E-state index contributed by atoms with van der Waals surface area (Å²) in [6.45, 7) is 0. The lowest BCUT2D eigenvalue weighted by atomic mass is 10.3. The van der Waals surface area contributed by atoms with Crippen molar-refractivity contribution in [2.45, 2.75) is 0 Å². The van der Waals surface area contributed by atoms with Crippen LogP contribution in [0.4, 0.5) is 5.69 Å². The minimum absolute atomic E-state index is 0.185. The molecule has 0 bridgehead atoms. The van der Waals surface area contributed by atoms with Crippen molar-refractivity contribution in [2.24, 2.45) is 0 Å². The first kappa shape index (κ1) is 17.1. The number of phenols is 2. The van der Waals surface area contributed by atoms with E-state index in [-0.39, 0.29) is 17.2 Å². The number of benzene rings is 3. The molecule has 0 amide bonds. The number of phenolic OH excluding ortho intramolecular Hbond substituents is 2. The van der Waals surface area contributed by atoms with Gasteiger partial charge in [0, 0.05) is 0 Å². The van der Waals surface area contributed by atoms with E-state index in [4.69, 9.17) is 25.3 Å². The Balaban J connectivity index is 0.000000198. The van der Waals surface area contributed by atoms with Crippen LogP contribution >= 0.6 is 0 Å². The van der Waals surface area contributed by atoms with E-state index >= 15 is 0 Å². The highest BCUT2D eigenvalue weighted by atomic mass is 16.6. The van der Waals surface area contributed by atoms with Crippen LogP contribution < -0.4 is 15.0 Å². The molecular weight excluding hydrogens is 305 g/mol. The molecule has 0 aliphatic rings. The first-order valence-electron chi connectivity index (χ1n) is 7.18. The summed E-state index contributed by atoms with van der Waals surface area (Å²) in [7, 11) is 1.32. The van der Waals surface area contributed by atoms with Gasteiger partial charge in [0.15, 0.2) is 11.5 Å². The van der Waals surface area contributed by atoms with Gasteiger partial charge in [0.2, 0.25) is 0 Å². The topological polar surface area (TPSA) is 84.9 Å². The molecule has 0 fully saturated rings. The lowest BCUT2D eigenvalue weighted by Crippen LogP contribution is -2.10. The van der Waals surface area contributed by atoms with Crippen molar-refractivity contribution in [1.82, 2.24) is 0 Å². The molecule has 0 saturated heterocycles. The van der Waals surface area contributed by atoms with Gasteiger partial charge in [-0.15, -0.1) is 0 Å². The van der Waals surface area contributed by atoms with Crippen LogP contribution in [-0.4, -0.2) is 17.9 Å². The van der Waals surface area contributed by atoms with Gasteiger partial charge in [-0.2, -0.15) is 0 Å². The van der Waals surface area contributed by atoms with Crippen LogP contribution in [0.25, 0.3) is 0 Å². The second-order valence-corrected chi connectivity index (χ2v) is 4.67.